The van der Waals surface area contributed by atoms with E-state index in [9.17, 15) is 8.42 Å². The predicted molar refractivity (Wildman–Crippen MR) is 76.3 cm³/mol. The van der Waals surface area contributed by atoms with Gasteiger partial charge in [0.25, 0.3) is 0 Å². The normalized spacial score (nSPS) is 25.8. The fourth-order valence-corrected chi connectivity index (χ4v) is 4.39. The van der Waals surface area contributed by atoms with Crippen LogP contribution in [0.15, 0.2) is 24.3 Å². The summed E-state index contributed by atoms with van der Waals surface area (Å²) < 4.78 is 28.7. The first-order valence-corrected chi connectivity index (χ1v) is 8.13. The summed E-state index contributed by atoms with van der Waals surface area (Å²) >= 11 is 0. The summed E-state index contributed by atoms with van der Waals surface area (Å²) in [5.41, 5.74) is 6.13. The van der Waals surface area contributed by atoms with Crippen LogP contribution in [0.2, 0.25) is 0 Å². The number of methoxy groups -OCH3 is 1. The third-order valence-electron chi connectivity index (χ3n) is 3.50. The average molecular weight is 284 g/mol. The molecule has 1 fully saturated rings. The molecule has 3 N–H and O–H groups in total. The Morgan fingerprint density at radius 1 is 1.37 bits per heavy atom. The van der Waals surface area contributed by atoms with Crippen LogP contribution in [0.25, 0.3) is 0 Å². The Morgan fingerprint density at radius 2 is 2.05 bits per heavy atom. The smallest absolute Gasteiger partial charge is 0.152 e. The SMILES string of the molecule is COc1ccc(NC2(CN)CCCS(=O)(=O)C2)cc1. The molecule has 1 aromatic carbocycles. The molecular weight excluding hydrogens is 264 g/mol. The van der Waals surface area contributed by atoms with Crippen molar-refractivity contribution in [2.45, 2.75) is 18.4 Å². The molecule has 1 unspecified atom stereocenters. The Kier molecular flexibility index (Phi) is 4.01. The molecule has 19 heavy (non-hydrogen) atoms. The zero-order valence-corrected chi connectivity index (χ0v) is 11.9. The van der Waals surface area contributed by atoms with Crippen molar-refractivity contribution >= 4 is 15.5 Å². The molecule has 0 amide bonds. The number of hydrogen-bond acceptors (Lipinski definition) is 5. The van der Waals surface area contributed by atoms with Crippen molar-refractivity contribution in [3.8, 4) is 5.75 Å². The number of nitrogens with two attached hydrogens (primary N) is 1. The lowest BCUT2D eigenvalue weighted by atomic mass is 9.95. The maximum absolute atomic E-state index is 11.8. The first-order chi connectivity index (χ1) is 8.99. The van der Waals surface area contributed by atoms with E-state index in [0.717, 1.165) is 17.9 Å². The van der Waals surface area contributed by atoms with Gasteiger partial charge in [0, 0.05) is 12.2 Å². The van der Waals surface area contributed by atoms with E-state index >= 15 is 0 Å². The second-order valence-electron chi connectivity index (χ2n) is 5.03. The molecule has 1 aromatic rings. The second-order valence-corrected chi connectivity index (χ2v) is 7.22. The van der Waals surface area contributed by atoms with Crippen molar-refractivity contribution < 1.29 is 13.2 Å². The minimum atomic E-state index is -3.00. The van der Waals surface area contributed by atoms with Gasteiger partial charge in [0.05, 0.1) is 24.2 Å². The van der Waals surface area contributed by atoms with E-state index in [-0.39, 0.29) is 11.5 Å². The Hall–Kier alpha value is -1.27. The largest absolute Gasteiger partial charge is 0.497 e. The Labute approximate surface area is 114 Å². The zero-order valence-electron chi connectivity index (χ0n) is 11.1. The van der Waals surface area contributed by atoms with Crippen LogP contribution >= 0.6 is 0 Å². The number of rotatable bonds is 4. The maximum atomic E-state index is 11.8. The van der Waals surface area contributed by atoms with E-state index in [0.29, 0.717) is 13.0 Å². The summed E-state index contributed by atoms with van der Waals surface area (Å²) in [4.78, 5) is 0. The van der Waals surface area contributed by atoms with Gasteiger partial charge < -0.3 is 15.8 Å². The maximum Gasteiger partial charge on any atom is 0.152 e. The minimum Gasteiger partial charge on any atom is -0.497 e. The fraction of sp³-hybridized carbons (Fsp3) is 0.538. The van der Waals surface area contributed by atoms with Crippen LogP contribution in [0.1, 0.15) is 12.8 Å². The quantitative estimate of drug-likeness (QED) is 0.862. The molecule has 0 bridgehead atoms. The van der Waals surface area contributed by atoms with Gasteiger partial charge in [0.15, 0.2) is 9.84 Å². The standard InChI is InChI=1S/C13H20N2O3S/c1-18-12-5-3-11(4-6-12)15-13(9-14)7-2-8-19(16,17)10-13/h3-6,15H,2,7-10,14H2,1H3. The first-order valence-electron chi connectivity index (χ1n) is 6.31. The Balaban J connectivity index is 2.17. The van der Waals surface area contributed by atoms with Crippen molar-refractivity contribution in [2.24, 2.45) is 5.73 Å². The monoisotopic (exact) mass is 284 g/mol. The van der Waals surface area contributed by atoms with Crippen LogP contribution in [0.3, 0.4) is 0 Å². The molecule has 6 heteroatoms. The van der Waals surface area contributed by atoms with E-state index in [1.54, 1.807) is 7.11 Å². The second kappa shape index (κ2) is 5.38. The molecule has 0 aromatic heterocycles. The molecule has 2 rings (SSSR count). The number of sulfone groups is 1. The van der Waals surface area contributed by atoms with Crippen LogP contribution in [0, 0.1) is 0 Å². The topological polar surface area (TPSA) is 81.4 Å². The summed E-state index contributed by atoms with van der Waals surface area (Å²) in [5, 5.41) is 3.29. The van der Waals surface area contributed by atoms with Crippen LogP contribution in [0.4, 0.5) is 5.69 Å². The van der Waals surface area contributed by atoms with Crippen LogP contribution in [-0.2, 0) is 9.84 Å². The summed E-state index contributed by atoms with van der Waals surface area (Å²) in [6, 6.07) is 7.42. The third kappa shape index (κ3) is 3.39. The molecule has 5 nitrogen and oxygen atoms in total. The molecule has 0 spiro atoms. The van der Waals surface area contributed by atoms with Crippen molar-refractivity contribution in [1.82, 2.24) is 0 Å². The lowest BCUT2D eigenvalue weighted by Crippen LogP contribution is -2.53. The molecular formula is C13H20N2O3S. The van der Waals surface area contributed by atoms with Gasteiger partial charge in [-0.2, -0.15) is 0 Å². The van der Waals surface area contributed by atoms with Crippen molar-refractivity contribution in [3.63, 3.8) is 0 Å². The Morgan fingerprint density at radius 3 is 2.58 bits per heavy atom. The van der Waals surface area contributed by atoms with Crippen LogP contribution in [0.5, 0.6) is 5.75 Å². The third-order valence-corrected chi connectivity index (χ3v) is 5.40. The number of hydrogen-bond donors (Lipinski definition) is 2. The molecule has 0 aliphatic carbocycles. The summed E-state index contributed by atoms with van der Waals surface area (Å²) in [6.45, 7) is 0.304. The summed E-state index contributed by atoms with van der Waals surface area (Å²) in [7, 11) is -1.39. The molecule has 1 saturated heterocycles. The van der Waals surface area contributed by atoms with Gasteiger partial charge in [0.1, 0.15) is 5.75 Å². The molecule has 1 heterocycles. The number of benzene rings is 1. The minimum absolute atomic E-state index is 0.0997. The van der Waals surface area contributed by atoms with Crippen molar-refractivity contribution in [3.05, 3.63) is 24.3 Å². The summed E-state index contributed by atoms with van der Waals surface area (Å²) in [6.07, 6.45) is 1.43. The van der Waals surface area contributed by atoms with E-state index in [4.69, 9.17) is 10.5 Å². The highest BCUT2D eigenvalue weighted by molar-refractivity contribution is 7.91. The predicted octanol–water partition coefficient (Wildman–Crippen LogP) is 1.01. The molecule has 0 radical (unpaired) electrons. The lowest BCUT2D eigenvalue weighted by molar-refractivity contribution is 0.414. The highest BCUT2D eigenvalue weighted by Gasteiger charge is 2.37. The molecule has 1 aliphatic rings. The van der Waals surface area contributed by atoms with E-state index < -0.39 is 15.4 Å². The number of anilines is 1. The fourth-order valence-electron chi connectivity index (χ4n) is 2.49. The van der Waals surface area contributed by atoms with Crippen molar-refractivity contribution in [2.75, 3.05) is 30.5 Å². The van der Waals surface area contributed by atoms with Gasteiger partial charge in [-0.25, -0.2) is 8.42 Å². The van der Waals surface area contributed by atoms with E-state index in [2.05, 4.69) is 5.32 Å². The lowest BCUT2D eigenvalue weighted by Gasteiger charge is -2.37. The molecule has 1 atom stereocenters. The van der Waals surface area contributed by atoms with Crippen LogP contribution < -0.4 is 15.8 Å². The van der Waals surface area contributed by atoms with Gasteiger partial charge in [0.2, 0.25) is 0 Å². The molecule has 0 saturated carbocycles. The molecule has 1 aliphatic heterocycles. The zero-order chi connectivity index (χ0) is 13.9. The molecule has 106 valence electrons. The van der Waals surface area contributed by atoms with E-state index in [1.807, 2.05) is 24.3 Å². The van der Waals surface area contributed by atoms with Gasteiger partial charge in [-0.05, 0) is 37.1 Å². The van der Waals surface area contributed by atoms with Gasteiger partial charge in [-0.1, -0.05) is 0 Å². The van der Waals surface area contributed by atoms with Crippen molar-refractivity contribution in [1.29, 1.82) is 0 Å². The number of ether oxygens (including phenoxy) is 1. The summed E-state index contributed by atoms with van der Waals surface area (Å²) in [5.74, 6) is 1.13. The van der Waals surface area contributed by atoms with E-state index in [1.165, 1.54) is 0 Å². The van der Waals surface area contributed by atoms with Gasteiger partial charge in [-0.15, -0.1) is 0 Å². The average Bonchev–Trinajstić information content (AvgIpc) is 2.38. The van der Waals surface area contributed by atoms with Gasteiger partial charge in [-0.3, -0.25) is 0 Å². The highest BCUT2D eigenvalue weighted by atomic mass is 32.2. The number of nitrogens with one attached hydrogen (secondary N) is 1. The first kappa shape index (κ1) is 14.1. The highest BCUT2D eigenvalue weighted by Crippen LogP contribution is 2.27. The van der Waals surface area contributed by atoms with Gasteiger partial charge >= 0.3 is 0 Å². The Bertz CT molecular complexity index is 527. The van der Waals surface area contributed by atoms with Crippen LogP contribution in [-0.4, -0.2) is 39.1 Å².